The predicted molar refractivity (Wildman–Crippen MR) is 86.8 cm³/mol. The van der Waals surface area contributed by atoms with E-state index in [1.807, 2.05) is 6.92 Å². The Morgan fingerprint density at radius 1 is 1.00 bits per heavy atom. The van der Waals surface area contributed by atoms with E-state index < -0.39 is 0 Å². The van der Waals surface area contributed by atoms with Gasteiger partial charge in [-0.2, -0.15) is 0 Å². The van der Waals surface area contributed by atoms with E-state index in [1.54, 1.807) is 47.3 Å². The highest BCUT2D eigenvalue weighted by Crippen LogP contribution is 2.28. The lowest BCUT2D eigenvalue weighted by molar-refractivity contribution is -0.127. The van der Waals surface area contributed by atoms with Crippen LogP contribution in [0.25, 0.3) is 0 Å². The molecule has 0 saturated carbocycles. The molecular formula is C17H22N2O4. The Kier molecular flexibility index (Phi) is 5.62. The molecule has 23 heavy (non-hydrogen) atoms. The van der Waals surface area contributed by atoms with E-state index in [0.717, 1.165) is 0 Å². The number of allylic oxidation sites excluding steroid dienone is 1. The number of carbonyl (C=O) groups is 2. The summed E-state index contributed by atoms with van der Waals surface area (Å²) in [5.74, 6) is 1.04. The predicted octanol–water partition coefficient (Wildman–Crippen LogP) is 1.56. The van der Waals surface area contributed by atoms with E-state index in [9.17, 15) is 9.59 Å². The molecule has 0 radical (unpaired) electrons. The Bertz CT molecular complexity index is 605. The Hall–Kier alpha value is -2.50. The maximum atomic E-state index is 12.6. The Labute approximate surface area is 136 Å². The number of hydrogen-bond donors (Lipinski definition) is 0. The molecule has 1 saturated heterocycles. The van der Waals surface area contributed by atoms with Gasteiger partial charge in [-0.05, 0) is 31.2 Å². The van der Waals surface area contributed by atoms with Crippen LogP contribution in [0, 0.1) is 0 Å². The first kappa shape index (κ1) is 16.9. The third-order valence-electron chi connectivity index (χ3n) is 3.82. The quantitative estimate of drug-likeness (QED) is 0.791. The van der Waals surface area contributed by atoms with Gasteiger partial charge < -0.3 is 19.3 Å². The van der Waals surface area contributed by atoms with Crippen molar-refractivity contribution in [2.75, 3.05) is 40.4 Å². The van der Waals surface area contributed by atoms with E-state index in [1.165, 1.54) is 7.11 Å². The number of rotatable bonds is 4. The van der Waals surface area contributed by atoms with Gasteiger partial charge in [-0.1, -0.05) is 6.08 Å². The number of piperazine rings is 1. The van der Waals surface area contributed by atoms with Crippen LogP contribution in [-0.2, 0) is 4.79 Å². The molecule has 0 aliphatic carbocycles. The lowest BCUT2D eigenvalue weighted by atomic mass is 10.1. The number of carbonyl (C=O) groups excluding carboxylic acids is 2. The maximum absolute atomic E-state index is 12.6. The molecule has 1 aromatic rings. The fraction of sp³-hybridized carbons (Fsp3) is 0.412. The number of ether oxygens (including phenoxy) is 2. The van der Waals surface area contributed by atoms with Crippen LogP contribution in [0.3, 0.4) is 0 Å². The van der Waals surface area contributed by atoms with Crippen molar-refractivity contribution < 1.29 is 19.1 Å². The van der Waals surface area contributed by atoms with Gasteiger partial charge in [-0.25, -0.2) is 0 Å². The zero-order chi connectivity index (χ0) is 16.8. The molecule has 1 aliphatic rings. The minimum absolute atomic E-state index is 0.00860. The molecule has 2 amide bonds. The molecule has 0 unspecified atom stereocenters. The summed E-state index contributed by atoms with van der Waals surface area (Å²) < 4.78 is 10.4. The normalized spacial score (nSPS) is 14.9. The number of nitrogens with zero attached hydrogens (tertiary/aromatic N) is 2. The lowest BCUT2D eigenvalue weighted by Gasteiger charge is -2.34. The highest BCUT2D eigenvalue weighted by Gasteiger charge is 2.24. The molecule has 6 heteroatoms. The average molecular weight is 318 g/mol. The fourth-order valence-corrected chi connectivity index (χ4v) is 2.53. The van der Waals surface area contributed by atoms with Crippen LogP contribution in [0.4, 0.5) is 0 Å². The molecule has 1 fully saturated rings. The van der Waals surface area contributed by atoms with E-state index in [2.05, 4.69) is 0 Å². The number of amides is 2. The van der Waals surface area contributed by atoms with Crippen molar-refractivity contribution >= 4 is 11.8 Å². The van der Waals surface area contributed by atoms with Crippen molar-refractivity contribution in [3.8, 4) is 11.5 Å². The average Bonchev–Trinajstić information content (AvgIpc) is 2.60. The van der Waals surface area contributed by atoms with Crippen molar-refractivity contribution in [1.82, 2.24) is 9.80 Å². The highest BCUT2D eigenvalue weighted by molar-refractivity contribution is 5.95. The summed E-state index contributed by atoms with van der Waals surface area (Å²) in [6, 6.07) is 5.12. The summed E-state index contributed by atoms with van der Waals surface area (Å²) in [6.45, 7) is 3.95. The van der Waals surface area contributed by atoms with Gasteiger partial charge in [-0.15, -0.1) is 0 Å². The number of hydrogen-bond acceptors (Lipinski definition) is 4. The third-order valence-corrected chi connectivity index (χ3v) is 3.82. The lowest BCUT2D eigenvalue weighted by Crippen LogP contribution is -2.50. The number of methoxy groups -OCH3 is 2. The van der Waals surface area contributed by atoms with Crippen molar-refractivity contribution in [2.45, 2.75) is 6.92 Å². The molecule has 0 spiro atoms. The zero-order valence-corrected chi connectivity index (χ0v) is 13.7. The minimum Gasteiger partial charge on any atom is -0.493 e. The summed E-state index contributed by atoms with van der Waals surface area (Å²) in [7, 11) is 3.10. The van der Waals surface area contributed by atoms with Crippen molar-refractivity contribution in [2.24, 2.45) is 0 Å². The van der Waals surface area contributed by atoms with Crippen molar-refractivity contribution in [1.29, 1.82) is 0 Å². The molecule has 0 N–H and O–H groups in total. The zero-order valence-electron chi connectivity index (χ0n) is 13.7. The summed E-state index contributed by atoms with van der Waals surface area (Å²) in [6.07, 6.45) is 3.27. The van der Waals surface area contributed by atoms with Gasteiger partial charge in [0.25, 0.3) is 5.91 Å². The second kappa shape index (κ2) is 7.67. The van der Waals surface area contributed by atoms with Crippen LogP contribution in [0.5, 0.6) is 11.5 Å². The molecule has 0 atom stereocenters. The molecule has 1 aliphatic heterocycles. The molecule has 1 heterocycles. The van der Waals surface area contributed by atoms with E-state index in [-0.39, 0.29) is 11.8 Å². The molecule has 0 aromatic heterocycles. The van der Waals surface area contributed by atoms with Crippen molar-refractivity contribution in [3.05, 3.63) is 35.9 Å². The second-order valence-electron chi connectivity index (χ2n) is 5.19. The van der Waals surface area contributed by atoms with Crippen LogP contribution < -0.4 is 9.47 Å². The van der Waals surface area contributed by atoms with Gasteiger partial charge in [0.2, 0.25) is 5.91 Å². The second-order valence-corrected chi connectivity index (χ2v) is 5.19. The fourth-order valence-electron chi connectivity index (χ4n) is 2.53. The van der Waals surface area contributed by atoms with E-state index >= 15 is 0 Å². The largest absolute Gasteiger partial charge is 0.493 e. The molecule has 2 rings (SSSR count). The van der Waals surface area contributed by atoms with Crippen LogP contribution >= 0.6 is 0 Å². The van der Waals surface area contributed by atoms with Crippen LogP contribution in [0.15, 0.2) is 30.4 Å². The smallest absolute Gasteiger partial charge is 0.254 e. The molecular weight excluding hydrogens is 296 g/mol. The van der Waals surface area contributed by atoms with Crippen LogP contribution in [0.2, 0.25) is 0 Å². The first-order valence-electron chi connectivity index (χ1n) is 7.53. The topological polar surface area (TPSA) is 59.1 Å². The third kappa shape index (κ3) is 3.83. The van der Waals surface area contributed by atoms with E-state index in [0.29, 0.717) is 43.2 Å². The summed E-state index contributed by atoms with van der Waals surface area (Å²) >= 11 is 0. The summed E-state index contributed by atoms with van der Waals surface area (Å²) in [5, 5.41) is 0. The molecule has 1 aromatic carbocycles. The molecule has 124 valence electrons. The monoisotopic (exact) mass is 318 g/mol. The first-order chi connectivity index (χ1) is 11.1. The van der Waals surface area contributed by atoms with Gasteiger partial charge in [-0.3, -0.25) is 9.59 Å². The SMILES string of the molecule is C/C=C/C(=O)N1CCN(C(=O)c2ccc(OC)c(OC)c2)CC1. The Balaban J connectivity index is 2.04. The molecule has 6 nitrogen and oxygen atoms in total. The first-order valence-corrected chi connectivity index (χ1v) is 7.53. The maximum Gasteiger partial charge on any atom is 0.254 e. The molecule has 0 bridgehead atoms. The van der Waals surface area contributed by atoms with Gasteiger partial charge in [0, 0.05) is 31.7 Å². The summed E-state index contributed by atoms with van der Waals surface area (Å²) in [5.41, 5.74) is 0.552. The number of benzene rings is 1. The van der Waals surface area contributed by atoms with E-state index in [4.69, 9.17) is 9.47 Å². The van der Waals surface area contributed by atoms with Gasteiger partial charge in [0.15, 0.2) is 11.5 Å². The van der Waals surface area contributed by atoms with Crippen LogP contribution in [-0.4, -0.2) is 62.0 Å². The van der Waals surface area contributed by atoms with Crippen molar-refractivity contribution in [3.63, 3.8) is 0 Å². The highest BCUT2D eigenvalue weighted by atomic mass is 16.5. The Morgan fingerprint density at radius 3 is 2.17 bits per heavy atom. The standard InChI is InChI=1S/C17H22N2O4/c1-4-5-16(20)18-8-10-19(11-9-18)17(21)13-6-7-14(22-2)15(12-13)23-3/h4-7,12H,8-11H2,1-3H3/b5-4+. The van der Waals surface area contributed by atoms with Gasteiger partial charge >= 0.3 is 0 Å². The van der Waals surface area contributed by atoms with Gasteiger partial charge in [0.05, 0.1) is 14.2 Å². The Morgan fingerprint density at radius 2 is 1.61 bits per heavy atom. The minimum atomic E-state index is -0.0657. The summed E-state index contributed by atoms with van der Waals surface area (Å²) in [4.78, 5) is 27.9. The van der Waals surface area contributed by atoms with Crippen LogP contribution in [0.1, 0.15) is 17.3 Å². The van der Waals surface area contributed by atoms with Gasteiger partial charge in [0.1, 0.15) is 0 Å².